The minimum absolute atomic E-state index is 0.117. The maximum atomic E-state index is 14.5. The third-order valence-corrected chi connectivity index (χ3v) is 10.4. The zero-order valence-corrected chi connectivity index (χ0v) is 26.3. The summed E-state index contributed by atoms with van der Waals surface area (Å²) in [7, 11) is -0.986. The zero-order valence-electron chi connectivity index (χ0n) is 25.5. The van der Waals surface area contributed by atoms with Gasteiger partial charge in [0.25, 0.3) is 5.91 Å². The van der Waals surface area contributed by atoms with Crippen LogP contribution >= 0.6 is 0 Å². The van der Waals surface area contributed by atoms with E-state index in [4.69, 9.17) is 4.74 Å². The number of sulfonamides is 1. The molecule has 1 aliphatic heterocycles. The lowest BCUT2D eigenvalue weighted by Gasteiger charge is -2.35. The van der Waals surface area contributed by atoms with Gasteiger partial charge in [-0.3, -0.25) is 4.79 Å². The van der Waals surface area contributed by atoms with Crippen molar-refractivity contribution in [2.75, 3.05) is 26.7 Å². The fraction of sp³-hybridized carbons (Fsp3) is 0.364. The van der Waals surface area contributed by atoms with E-state index in [0.29, 0.717) is 5.69 Å². The first kappa shape index (κ1) is 32.7. The number of fused-ring (bicyclic) bond motifs is 5. The number of halogens is 3. The van der Waals surface area contributed by atoms with Gasteiger partial charge in [-0.2, -0.15) is 17.5 Å². The second kappa shape index (κ2) is 12.6. The molecule has 0 fully saturated rings. The molecule has 8 nitrogen and oxygen atoms in total. The van der Waals surface area contributed by atoms with Gasteiger partial charge in [0.1, 0.15) is 5.69 Å². The molecule has 240 valence electrons. The molecule has 0 radical (unpaired) electrons. The first-order valence-corrected chi connectivity index (χ1v) is 16.0. The summed E-state index contributed by atoms with van der Waals surface area (Å²) in [4.78, 5) is 15.8. The van der Waals surface area contributed by atoms with Crippen LogP contribution in [0.2, 0.25) is 0 Å². The number of rotatable bonds is 6. The third kappa shape index (κ3) is 6.24. The molecule has 3 aromatic carbocycles. The van der Waals surface area contributed by atoms with Crippen molar-refractivity contribution in [2.45, 2.75) is 43.7 Å². The van der Waals surface area contributed by atoms with Crippen molar-refractivity contribution in [3.05, 3.63) is 89.6 Å². The summed E-state index contributed by atoms with van der Waals surface area (Å²) in [6.07, 6.45) is -5.31. The van der Waals surface area contributed by atoms with Crippen LogP contribution in [0.4, 0.5) is 13.2 Å². The summed E-state index contributed by atoms with van der Waals surface area (Å²) < 4.78 is 75.5. The fourth-order valence-electron chi connectivity index (χ4n) is 5.87. The van der Waals surface area contributed by atoms with Crippen LogP contribution in [0.5, 0.6) is 0 Å². The first-order chi connectivity index (χ1) is 21.3. The van der Waals surface area contributed by atoms with Gasteiger partial charge < -0.3 is 19.3 Å². The minimum Gasteiger partial charge on any atom is -0.394 e. The van der Waals surface area contributed by atoms with Crippen molar-refractivity contribution in [3.8, 4) is 11.1 Å². The van der Waals surface area contributed by atoms with Gasteiger partial charge in [-0.05, 0) is 48.4 Å². The Hall–Kier alpha value is -3.71. The minimum atomic E-state index is -4.59. The Morgan fingerprint density at radius 2 is 1.69 bits per heavy atom. The SMILES string of the molecule is C[C@H]1CN([C@@H](C)CO)C(=O)c2c(c3ccccc3n2C)-c2ccccc2CO[C@@H]1CN(C)S(=O)(=O)c1ccc(C(F)(F)F)cc1. The smallest absolute Gasteiger partial charge is 0.394 e. The highest BCUT2D eigenvalue weighted by atomic mass is 32.2. The molecule has 0 unspecified atom stereocenters. The second-order valence-electron chi connectivity index (χ2n) is 11.6. The van der Waals surface area contributed by atoms with Crippen molar-refractivity contribution < 1.29 is 36.2 Å². The van der Waals surface area contributed by atoms with Gasteiger partial charge in [0.2, 0.25) is 10.0 Å². The maximum Gasteiger partial charge on any atom is 0.416 e. The van der Waals surface area contributed by atoms with E-state index in [2.05, 4.69) is 0 Å². The van der Waals surface area contributed by atoms with Gasteiger partial charge in [-0.1, -0.05) is 49.4 Å². The summed E-state index contributed by atoms with van der Waals surface area (Å²) >= 11 is 0. The summed E-state index contributed by atoms with van der Waals surface area (Å²) in [5, 5.41) is 11.1. The van der Waals surface area contributed by atoms with E-state index in [9.17, 15) is 31.5 Å². The van der Waals surface area contributed by atoms with Gasteiger partial charge in [-0.25, -0.2) is 8.42 Å². The van der Waals surface area contributed by atoms with Crippen molar-refractivity contribution in [1.29, 1.82) is 0 Å². The average molecular weight is 644 g/mol. The van der Waals surface area contributed by atoms with Crippen LogP contribution in [0.1, 0.15) is 35.5 Å². The van der Waals surface area contributed by atoms with E-state index in [-0.39, 0.29) is 37.1 Å². The lowest BCUT2D eigenvalue weighted by atomic mass is 9.96. The lowest BCUT2D eigenvalue weighted by molar-refractivity contribution is -0.137. The van der Waals surface area contributed by atoms with E-state index in [0.717, 1.165) is 56.2 Å². The lowest BCUT2D eigenvalue weighted by Crippen LogP contribution is -2.48. The Bertz CT molecular complexity index is 1800. The highest BCUT2D eigenvalue weighted by Crippen LogP contribution is 2.38. The summed E-state index contributed by atoms with van der Waals surface area (Å²) in [5.41, 5.74) is 2.75. The number of likely N-dealkylation sites (N-methyl/N-ethyl adjacent to an activating group) is 1. The number of para-hydroxylation sites is 1. The van der Waals surface area contributed by atoms with Gasteiger partial charge >= 0.3 is 6.18 Å². The van der Waals surface area contributed by atoms with E-state index < -0.39 is 39.8 Å². The molecule has 1 N–H and O–H groups in total. The van der Waals surface area contributed by atoms with Gasteiger partial charge in [0.15, 0.2) is 0 Å². The van der Waals surface area contributed by atoms with Crippen molar-refractivity contribution in [1.82, 2.24) is 13.8 Å². The Morgan fingerprint density at radius 3 is 2.36 bits per heavy atom. The molecular weight excluding hydrogens is 607 g/mol. The van der Waals surface area contributed by atoms with E-state index >= 15 is 0 Å². The van der Waals surface area contributed by atoms with E-state index in [1.165, 1.54) is 7.05 Å². The van der Waals surface area contributed by atoms with Crippen molar-refractivity contribution >= 4 is 26.8 Å². The van der Waals surface area contributed by atoms with Crippen LogP contribution in [0, 0.1) is 5.92 Å². The van der Waals surface area contributed by atoms with Gasteiger partial charge in [0, 0.05) is 49.6 Å². The number of alkyl halides is 3. The highest BCUT2D eigenvalue weighted by Gasteiger charge is 2.35. The van der Waals surface area contributed by atoms with Crippen LogP contribution in [0.3, 0.4) is 0 Å². The quantitative estimate of drug-likeness (QED) is 0.298. The Morgan fingerprint density at radius 1 is 1.04 bits per heavy atom. The van der Waals surface area contributed by atoms with E-state index in [1.54, 1.807) is 11.8 Å². The number of hydrogen-bond acceptors (Lipinski definition) is 5. The molecule has 0 saturated carbocycles. The molecule has 3 atom stereocenters. The predicted molar refractivity (Wildman–Crippen MR) is 165 cm³/mol. The number of aliphatic hydroxyl groups is 1. The van der Waals surface area contributed by atoms with E-state index in [1.807, 2.05) is 67.1 Å². The molecule has 1 aliphatic rings. The average Bonchev–Trinajstić information content (AvgIpc) is 3.31. The van der Waals surface area contributed by atoms with Crippen LogP contribution in [0.15, 0.2) is 77.7 Å². The topological polar surface area (TPSA) is 92.1 Å². The summed E-state index contributed by atoms with van der Waals surface area (Å²) in [6.45, 7) is 3.44. The molecule has 0 bridgehead atoms. The summed E-state index contributed by atoms with van der Waals surface area (Å²) in [5.74, 6) is -0.685. The Kier molecular flexibility index (Phi) is 9.14. The molecule has 1 amide bonds. The molecule has 2 heterocycles. The molecule has 45 heavy (non-hydrogen) atoms. The molecule has 4 aromatic rings. The third-order valence-electron chi connectivity index (χ3n) is 8.55. The predicted octanol–water partition coefficient (Wildman–Crippen LogP) is 5.54. The number of aryl methyl sites for hydroxylation is 1. The number of nitrogens with zero attached hydrogens (tertiary/aromatic N) is 3. The largest absolute Gasteiger partial charge is 0.416 e. The van der Waals surface area contributed by atoms with Crippen LogP contribution in [-0.4, -0.2) is 72.1 Å². The molecule has 5 rings (SSSR count). The fourth-order valence-corrected chi connectivity index (χ4v) is 7.06. The summed E-state index contributed by atoms with van der Waals surface area (Å²) in [6, 6.07) is 18.1. The monoisotopic (exact) mass is 643 g/mol. The van der Waals surface area contributed by atoms with Crippen LogP contribution < -0.4 is 0 Å². The number of carbonyl (C=O) groups excluding carboxylic acids is 1. The molecule has 0 spiro atoms. The van der Waals surface area contributed by atoms with Crippen LogP contribution in [-0.2, 0) is 34.6 Å². The number of aliphatic hydroxyl groups excluding tert-OH is 1. The highest BCUT2D eigenvalue weighted by molar-refractivity contribution is 7.89. The number of carbonyl (C=O) groups is 1. The van der Waals surface area contributed by atoms with Crippen molar-refractivity contribution in [3.63, 3.8) is 0 Å². The van der Waals surface area contributed by atoms with Gasteiger partial charge in [0.05, 0.1) is 35.8 Å². The second-order valence-corrected chi connectivity index (χ2v) is 13.6. The number of amides is 1. The molecular formula is C33H36F3N3O5S. The molecule has 1 aromatic heterocycles. The first-order valence-electron chi connectivity index (χ1n) is 14.6. The zero-order chi connectivity index (χ0) is 32.7. The number of aromatic nitrogens is 1. The van der Waals surface area contributed by atoms with Gasteiger partial charge in [-0.15, -0.1) is 0 Å². The molecule has 0 saturated heterocycles. The normalized spacial score (nSPS) is 18.9. The Labute approximate surface area is 260 Å². The maximum absolute atomic E-state index is 14.5. The van der Waals surface area contributed by atoms with Crippen molar-refractivity contribution in [2.24, 2.45) is 13.0 Å². The van der Waals surface area contributed by atoms with Crippen LogP contribution in [0.25, 0.3) is 22.0 Å². The molecule has 0 aliphatic carbocycles. The standard InChI is InChI=1S/C33H36F3N3O5S/c1-21-17-39(22(2)19-40)32(41)31-30(27-11-7-8-12-28(27)38(31)4)26-10-6-5-9-23(26)20-44-29(21)18-37(3)45(42,43)25-15-13-24(14-16-25)33(34,35)36/h5-16,21-22,29,40H,17-20H2,1-4H3/t21-,22-,29+/m0/s1. The number of hydrogen-bond donors (Lipinski definition) is 1. The molecule has 12 heteroatoms. The Balaban J connectivity index is 1.56. The number of benzene rings is 3. The number of ether oxygens (including phenoxy) is 1.